The summed E-state index contributed by atoms with van der Waals surface area (Å²) < 4.78 is 5.66. The highest BCUT2D eigenvalue weighted by atomic mass is 32.1. The van der Waals surface area contributed by atoms with Crippen molar-refractivity contribution >= 4 is 11.3 Å². The largest absolute Gasteiger partial charge is 0.491 e. The molecule has 3 nitrogen and oxygen atoms in total. The lowest BCUT2D eigenvalue weighted by atomic mass is 10.1. The molecular formula is C19H27NO2S. The molecule has 1 aromatic heterocycles. The first kappa shape index (κ1) is 18.0. The number of ether oxygens (including phenoxy) is 1. The molecule has 126 valence electrons. The Labute approximate surface area is 143 Å². The van der Waals surface area contributed by atoms with Crippen molar-refractivity contribution in [2.75, 3.05) is 19.7 Å². The van der Waals surface area contributed by atoms with Gasteiger partial charge < -0.3 is 9.84 Å². The fraction of sp³-hybridized carbons (Fsp3) is 0.474. The lowest BCUT2D eigenvalue weighted by Gasteiger charge is -2.25. The van der Waals surface area contributed by atoms with Gasteiger partial charge in [-0.1, -0.05) is 38.1 Å². The van der Waals surface area contributed by atoms with Gasteiger partial charge in [-0.05, 0) is 42.5 Å². The van der Waals surface area contributed by atoms with E-state index < -0.39 is 6.10 Å². The zero-order valence-corrected chi connectivity index (χ0v) is 14.8. The molecule has 23 heavy (non-hydrogen) atoms. The minimum Gasteiger partial charge on any atom is -0.491 e. The molecule has 0 amide bonds. The van der Waals surface area contributed by atoms with Crippen LogP contribution in [0.25, 0.3) is 0 Å². The van der Waals surface area contributed by atoms with E-state index in [0.717, 1.165) is 25.3 Å². The van der Waals surface area contributed by atoms with Gasteiger partial charge in [0.1, 0.15) is 18.5 Å². The molecule has 2 rings (SSSR count). The molecule has 0 saturated carbocycles. The molecular weight excluding hydrogens is 306 g/mol. The lowest BCUT2D eigenvalue weighted by Crippen LogP contribution is -2.36. The van der Waals surface area contributed by atoms with Crippen LogP contribution in [0.4, 0.5) is 0 Å². The van der Waals surface area contributed by atoms with Crippen LogP contribution in [0.3, 0.4) is 0 Å². The van der Waals surface area contributed by atoms with Crippen LogP contribution < -0.4 is 4.74 Å². The van der Waals surface area contributed by atoms with Crippen LogP contribution in [0.2, 0.25) is 0 Å². The van der Waals surface area contributed by atoms with Crippen molar-refractivity contribution in [1.29, 1.82) is 0 Å². The number of benzene rings is 1. The normalized spacial score (nSPS) is 12.7. The number of rotatable bonds is 10. The Morgan fingerprint density at radius 1 is 1.13 bits per heavy atom. The van der Waals surface area contributed by atoms with Crippen LogP contribution in [0.5, 0.6) is 5.75 Å². The highest BCUT2D eigenvalue weighted by molar-refractivity contribution is 7.09. The van der Waals surface area contributed by atoms with Crippen LogP contribution in [-0.4, -0.2) is 35.8 Å². The minimum atomic E-state index is -0.484. The summed E-state index contributed by atoms with van der Waals surface area (Å²) in [6.45, 7) is 7.32. The summed E-state index contributed by atoms with van der Waals surface area (Å²) in [5.41, 5.74) is 0. The Bertz CT molecular complexity index is 528. The van der Waals surface area contributed by atoms with Gasteiger partial charge in [0.05, 0.1) is 0 Å². The number of nitrogens with zero attached hydrogens (tertiary/aromatic N) is 1. The van der Waals surface area contributed by atoms with E-state index in [1.807, 2.05) is 30.3 Å². The van der Waals surface area contributed by atoms with Gasteiger partial charge in [0, 0.05) is 18.0 Å². The molecule has 0 spiro atoms. The molecule has 2 aromatic rings. The number of para-hydroxylation sites is 1. The molecule has 1 unspecified atom stereocenters. The van der Waals surface area contributed by atoms with Gasteiger partial charge in [0.2, 0.25) is 0 Å². The second-order valence-corrected chi connectivity index (χ2v) is 7.31. The molecule has 0 aliphatic carbocycles. The van der Waals surface area contributed by atoms with Crippen LogP contribution >= 0.6 is 11.3 Å². The summed E-state index contributed by atoms with van der Waals surface area (Å²) in [4.78, 5) is 3.66. The summed E-state index contributed by atoms with van der Waals surface area (Å²) in [6.07, 6.45) is 0.653. The molecule has 4 heteroatoms. The number of hydrogen-bond acceptors (Lipinski definition) is 4. The molecule has 0 saturated heterocycles. The van der Waals surface area contributed by atoms with E-state index in [4.69, 9.17) is 4.74 Å². The van der Waals surface area contributed by atoms with Gasteiger partial charge in [0.15, 0.2) is 0 Å². The minimum absolute atomic E-state index is 0.326. The summed E-state index contributed by atoms with van der Waals surface area (Å²) in [6, 6.07) is 13.9. The molecule has 0 radical (unpaired) electrons. The Hall–Kier alpha value is -1.36. The van der Waals surface area contributed by atoms with E-state index in [-0.39, 0.29) is 0 Å². The van der Waals surface area contributed by atoms with Crippen molar-refractivity contribution in [2.45, 2.75) is 32.9 Å². The summed E-state index contributed by atoms with van der Waals surface area (Å²) in [5.74, 6) is 1.47. The zero-order valence-electron chi connectivity index (χ0n) is 14.0. The Morgan fingerprint density at radius 2 is 1.91 bits per heavy atom. The number of hydrogen-bond donors (Lipinski definition) is 1. The molecule has 1 N–H and O–H groups in total. The average Bonchev–Trinajstić information content (AvgIpc) is 3.04. The van der Waals surface area contributed by atoms with E-state index in [9.17, 15) is 5.11 Å². The van der Waals surface area contributed by atoms with Crippen molar-refractivity contribution < 1.29 is 9.84 Å². The van der Waals surface area contributed by atoms with Gasteiger partial charge in [0.25, 0.3) is 0 Å². The Kier molecular flexibility index (Phi) is 7.59. The number of aliphatic hydroxyl groups excluding tert-OH is 1. The molecule has 1 aromatic carbocycles. The summed E-state index contributed by atoms with van der Waals surface area (Å²) in [7, 11) is 0. The predicted molar refractivity (Wildman–Crippen MR) is 97.0 cm³/mol. The maximum absolute atomic E-state index is 10.3. The average molecular weight is 333 g/mol. The first-order valence-electron chi connectivity index (χ1n) is 8.24. The van der Waals surface area contributed by atoms with Crippen molar-refractivity contribution in [2.24, 2.45) is 5.92 Å². The van der Waals surface area contributed by atoms with Gasteiger partial charge in [-0.25, -0.2) is 0 Å². The van der Waals surface area contributed by atoms with Crippen LogP contribution in [0.15, 0.2) is 47.8 Å². The fourth-order valence-electron chi connectivity index (χ4n) is 2.36. The van der Waals surface area contributed by atoms with E-state index in [1.54, 1.807) is 11.3 Å². The topological polar surface area (TPSA) is 32.7 Å². The van der Waals surface area contributed by atoms with E-state index >= 15 is 0 Å². The molecule has 0 aliphatic heterocycles. The Balaban J connectivity index is 1.82. The predicted octanol–water partition coefficient (Wildman–Crippen LogP) is 4.04. The van der Waals surface area contributed by atoms with E-state index in [2.05, 4.69) is 36.3 Å². The van der Waals surface area contributed by atoms with Crippen LogP contribution in [-0.2, 0) is 6.54 Å². The third-order valence-corrected chi connectivity index (χ3v) is 4.50. The van der Waals surface area contributed by atoms with Crippen molar-refractivity contribution in [1.82, 2.24) is 4.90 Å². The number of aliphatic hydroxyl groups is 1. The van der Waals surface area contributed by atoms with Gasteiger partial charge >= 0.3 is 0 Å². The maximum atomic E-state index is 10.3. The first-order chi connectivity index (χ1) is 11.1. The third kappa shape index (κ3) is 7.16. The summed E-state index contributed by atoms with van der Waals surface area (Å²) in [5, 5.41) is 12.4. The Morgan fingerprint density at radius 3 is 2.57 bits per heavy atom. The second kappa shape index (κ2) is 9.71. The lowest BCUT2D eigenvalue weighted by molar-refractivity contribution is 0.0643. The third-order valence-electron chi connectivity index (χ3n) is 3.64. The second-order valence-electron chi connectivity index (χ2n) is 6.27. The SMILES string of the molecule is CC(C)CCN(Cc1cccs1)CC(O)COc1ccccc1. The van der Waals surface area contributed by atoms with Crippen LogP contribution in [0.1, 0.15) is 25.1 Å². The molecule has 0 aliphatic rings. The van der Waals surface area contributed by atoms with Gasteiger partial charge in [-0.2, -0.15) is 0 Å². The quantitative estimate of drug-likeness (QED) is 0.712. The maximum Gasteiger partial charge on any atom is 0.119 e. The number of thiophene rings is 1. The van der Waals surface area contributed by atoms with Gasteiger partial charge in [-0.15, -0.1) is 11.3 Å². The molecule has 0 fully saturated rings. The summed E-state index contributed by atoms with van der Waals surface area (Å²) >= 11 is 1.77. The van der Waals surface area contributed by atoms with E-state index in [0.29, 0.717) is 19.1 Å². The van der Waals surface area contributed by atoms with Crippen molar-refractivity contribution in [3.05, 3.63) is 52.7 Å². The highest BCUT2D eigenvalue weighted by Gasteiger charge is 2.14. The zero-order chi connectivity index (χ0) is 16.5. The smallest absolute Gasteiger partial charge is 0.119 e. The highest BCUT2D eigenvalue weighted by Crippen LogP contribution is 2.14. The van der Waals surface area contributed by atoms with Gasteiger partial charge in [-0.3, -0.25) is 4.90 Å². The standard InChI is InChI=1S/C19H27NO2S/c1-16(2)10-11-20(14-19-9-6-12-23-19)13-17(21)15-22-18-7-4-3-5-8-18/h3-9,12,16-17,21H,10-11,13-15H2,1-2H3. The monoisotopic (exact) mass is 333 g/mol. The first-order valence-corrected chi connectivity index (χ1v) is 9.12. The molecule has 0 bridgehead atoms. The fourth-order valence-corrected chi connectivity index (χ4v) is 3.10. The van der Waals surface area contributed by atoms with E-state index in [1.165, 1.54) is 4.88 Å². The molecule has 1 heterocycles. The van der Waals surface area contributed by atoms with Crippen LogP contribution in [0, 0.1) is 5.92 Å². The molecule has 1 atom stereocenters. The van der Waals surface area contributed by atoms with Crippen molar-refractivity contribution in [3.8, 4) is 5.75 Å². The van der Waals surface area contributed by atoms with Crippen molar-refractivity contribution in [3.63, 3.8) is 0 Å².